The summed E-state index contributed by atoms with van der Waals surface area (Å²) in [6.45, 7) is 2.49. The van der Waals surface area contributed by atoms with Gasteiger partial charge in [-0.15, -0.1) is 0 Å². The van der Waals surface area contributed by atoms with Crippen molar-refractivity contribution in [3.05, 3.63) is 42.2 Å². The summed E-state index contributed by atoms with van der Waals surface area (Å²) in [6.07, 6.45) is 5.75. The minimum Gasteiger partial charge on any atom is -0.338 e. The van der Waals surface area contributed by atoms with Gasteiger partial charge in [0.1, 0.15) is 0 Å². The summed E-state index contributed by atoms with van der Waals surface area (Å²) >= 11 is 0. The lowest BCUT2D eigenvalue weighted by Gasteiger charge is -2.47. The third-order valence-electron chi connectivity index (χ3n) is 5.71. The van der Waals surface area contributed by atoms with Gasteiger partial charge in [-0.3, -0.25) is 14.6 Å². The van der Waals surface area contributed by atoms with Crippen LogP contribution < -0.4 is 5.73 Å². The van der Waals surface area contributed by atoms with Crippen molar-refractivity contribution in [2.75, 3.05) is 26.2 Å². The van der Waals surface area contributed by atoms with Gasteiger partial charge in [-0.2, -0.15) is 0 Å². The van der Waals surface area contributed by atoms with Crippen LogP contribution in [0.15, 0.2) is 36.7 Å². The van der Waals surface area contributed by atoms with Crippen LogP contribution in [0.3, 0.4) is 0 Å². The number of carbonyl (C=O) groups is 2. The molecule has 1 aromatic carbocycles. The Balaban J connectivity index is 1.55. The number of fused-ring (bicyclic) bond motifs is 2. The van der Waals surface area contributed by atoms with E-state index >= 15 is 0 Å². The van der Waals surface area contributed by atoms with E-state index in [1.54, 1.807) is 12.4 Å². The molecule has 3 heterocycles. The predicted octanol–water partition coefficient (Wildman–Crippen LogP) is 1.65. The number of amides is 2. The highest BCUT2D eigenvalue weighted by Crippen LogP contribution is 2.32. The molecule has 0 radical (unpaired) electrons. The maximum absolute atomic E-state index is 13.2. The largest absolute Gasteiger partial charge is 0.338 e. The Labute approximate surface area is 153 Å². The number of nitrogens with two attached hydrogens (primary N) is 1. The number of aromatic nitrogens is 1. The SMILES string of the molecule is NCCN1C(=O)CC[C@H]2CN(C(=O)c3cccc4cnccc34)CC[C@H]21. The Morgan fingerprint density at radius 3 is 3.00 bits per heavy atom. The van der Waals surface area contributed by atoms with Crippen LogP contribution in [0.5, 0.6) is 0 Å². The van der Waals surface area contributed by atoms with Crippen molar-refractivity contribution in [3.8, 4) is 0 Å². The molecule has 0 aliphatic carbocycles. The number of nitrogens with zero attached hydrogens (tertiary/aromatic N) is 3. The highest BCUT2D eigenvalue weighted by Gasteiger charge is 2.40. The van der Waals surface area contributed by atoms with Crippen LogP contribution in [0.1, 0.15) is 29.6 Å². The van der Waals surface area contributed by atoms with Crippen molar-refractivity contribution in [2.24, 2.45) is 11.7 Å². The fourth-order valence-corrected chi connectivity index (χ4v) is 4.44. The van der Waals surface area contributed by atoms with Gasteiger partial charge >= 0.3 is 0 Å². The number of rotatable bonds is 3. The van der Waals surface area contributed by atoms with Crippen molar-refractivity contribution < 1.29 is 9.59 Å². The zero-order chi connectivity index (χ0) is 18.1. The number of carbonyl (C=O) groups excluding carboxylic acids is 2. The van der Waals surface area contributed by atoms with E-state index in [1.807, 2.05) is 34.1 Å². The highest BCUT2D eigenvalue weighted by molar-refractivity contribution is 6.06. The average Bonchev–Trinajstić information content (AvgIpc) is 2.69. The summed E-state index contributed by atoms with van der Waals surface area (Å²) in [5.41, 5.74) is 6.41. The first-order valence-corrected chi connectivity index (χ1v) is 9.30. The van der Waals surface area contributed by atoms with Crippen molar-refractivity contribution in [3.63, 3.8) is 0 Å². The van der Waals surface area contributed by atoms with E-state index in [4.69, 9.17) is 5.73 Å². The molecule has 2 amide bonds. The molecule has 0 unspecified atom stereocenters. The second-order valence-corrected chi connectivity index (χ2v) is 7.18. The number of piperidine rings is 2. The quantitative estimate of drug-likeness (QED) is 0.911. The lowest BCUT2D eigenvalue weighted by molar-refractivity contribution is -0.140. The van der Waals surface area contributed by atoms with Crippen LogP contribution in [0.4, 0.5) is 0 Å². The third kappa shape index (κ3) is 2.94. The first-order chi connectivity index (χ1) is 12.7. The first kappa shape index (κ1) is 17.0. The van der Waals surface area contributed by atoms with Gasteiger partial charge in [-0.25, -0.2) is 0 Å². The molecular formula is C20H24N4O2. The molecule has 2 aromatic rings. The van der Waals surface area contributed by atoms with Gasteiger partial charge in [0.2, 0.25) is 5.91 Å². The van der Waals surface area contributed by atoms with E-state index in [2.05, 4.69) is 4.98 Å². The molecule has 136 valence electrons. The second-order valence-electron chi connectivity index (χ2n) is 7.18. The fourth-order valence-electron chi connectivity index (χ4n) is 4.44. The molecule has 0 spiro atoms. The molecule has 2 aliphatic rings. The van der Waals surface area contributed by atoms with Crippen molar-refractivity contribution in [1.82, 2.24) is 14.8 Å². The van der Waals surface area contributed by atoms with Crippen LogP contribution in [-0.4, -0.2) is 58.8 Å². The van der Waals surface area contributed by atoms with Crippen LogP contribution in [0, 0.1) is 5.92 Å². The van der Waals surface area contributed by atoms with Crippen molar-refractivity contribution in [1.29, 1.82) is 0 Å². The topological polar surface area (TPSA) is 79.5 Å². The molecule has 2 fully saturated rings. The molecule has 2 atom stereocenters. The van der Waals surface area contributed by atoms with Crippen LogP contribution in [0.25, 0.3) is 10.8 Å². The molecule has 1 aromatic heterocycles. The smallest absolute Gasteiger partial charge is 0.254 e. The Morgan fingerprint density at radius 1 is 1.27 bits per heavy atom. The minimum absolute atomic E-state index is 0.0718. The monoisotopic (exact) mass is 352 g/mol. The lowest BCUT2D eigenvalue weighted by atomic mass is 9.83. The molecule has 2 aliphatic heterocycles. The maximum Gasteiger partial charge on any atom is 0.254 e. The van der Waals surface area contributed by atoms with Crippen LogP contribution >= 0.6 is 0 Å². The maximum atomic E-state index is 13.2. The lowest BCUT2D eigenvalue weighted by Crippen LogP contribution is -2.57. The van der Waals surface area contributed by atoms with E-state index < -0.39 is 0 Å². The Kier molecular flexibility index (Phi) is 4.59. The predicted molar refractivity (Wildman–Crippen MR) is 99.5 cm³/mol. The molecule has 2 N–H and O–H groups in total. The zero-order valence-corrected chi connectivity index (χ0v) is 14.8. The molecular weight excluding hydrogens is 328 g/mol. The molecule has 26 heavy (non-hydrogen) atoms. The molecule has 6 nitrogen and oxygen atoms in total. The van der Waals surface area contributed by atoms with E-state index in [1.165, 1.54) is 0 Å². The highest BCUT2D eigenvalue weighted by atomic mass is 16.2. The minimum atomic E-state index is 0.0718. The van der Waals surface area contributed by atoms with E-state index in [-0.39, 0.29) is 17.9 Å². The summed E-state index contributed by atoms with van der Waals surface area (Å²) < 4.78 is 0. The molecule has 0 saturated carbocycles. The fraction of sp³-hybridized carbons (Fsp3) is 0.450. The van der Waals surface area contributed by atoms with Gasteiger partial charge < -0.3 is 15.5 Å². The standard InChI is InChI=1S/C20H24N4O2/c21-8-11-24-18-7-10-23(13-15(18)4-5-19(24)25)20(26)17-3-1-2-14-12-22-9-6-16(14)17/h1-3,6,9,12,15,18H,4-5,7-8,10-11,13,21H2/t15-,18+/m0/s1. The van der Waals surface area contributed by atoms with E-state index in [0.717, 1.165) is 29.2 Å². The number of hydrogen-bond donors (Lipinski definition) is 1. The average molecular weight is 352 g/mol. The molecule has 6 heteroatoms. The van der Waals surface area contributed by atoms with Crippen LogP contribution in [-0.2, 0) is 4.79 Å². The van der Waals surface area contributed by atoms with Crippen molar-refractivity contribution in [2.45, 2.75) is 25.3 Å². The second kappa shape index (κ2) is 7.03. The summed E-state index contributed by atoms with van der Waals surface area (Å²) in [6, 6.07) is 7.90. The summed E-state index contributed by atoms with van der Waals surface area (Å²) in [5, 5.41) is 1.92. The first-order valence-electron chi connectivity index (χ1n) is 9.30. The van der Waals surface area contributed by atoms with Gasteiger partial charge in [-0.1, -0.05) is 12.1 Å². The Bertz CT molecular complexity index is 832. The molecule has 4 rings (SSSR count). The summed E-state index contributed by atoms with van der Waals surface area (Å²) in [7, 11) is 0. The number of likely N-dealkylation sites (tertiary alicyclic amines) is 2. The van der Waals surface area contributed by atoms with Gasteiger partial charge in [0.05, 0.1) is 0 Å². The number of benzene rings is 1. The van der Waals surface area contributed by atoms with E-state index in [0.29, 0.717) is 38.5 Å². The van der Waals surface area contributed by atoms with Gasteiger partial charge in [0, 0.05) is 62.0 Å². The molecule has 0 bridgehead atoms. The number of pyridine rings is 1. The van der Waals surface area contributed by atoms with Gasteiger partial charge in [-0.05, 0) is 36.3 Å². The molecule has 2 saturated heterocycles. The summed E-state index contributed by atoms with van der Waals surface area (Å²) in [5.74, 6) is 0.620. The number of hydrogen-bond acceptors (Lipinski definition) is 4. The summed E-state index contributed by atoms with van der Waals surface area (Å²) in [4.78, 5) is 33.4. The van der Waals surface area contributed by atoms with E-state index in [9.17, 15) is 9.59 Å². The normalized spacial score (nSPS) is 23.2. The zero-order valence-electron chi connectivity index (χ0n) is 14.8. The third-order valence-corrected chi connectivity index (χ3v) is 5.71. The van der Waals surface area contributed by atoms with Crippen molar-refractivity contribution >= 4 is 22.6 Å². The van der Waals surface area contributed by atoms with Gasteiger partial charge in [0.15, 0.2) is 0 Å². The Morgan fingerprint density at radius 2 is 2.15 bits per heavy atom. The van der Waals surface area contributed by atoms with Crippen LogP contribution in [0.2, 0.25) is 0 Å². The Hall–Kier alpha value is -2.47. The van der Waals surface area contributed by atoms with Gasteiger partial charge in [0.25, 0.3) is 5.91 Å².